The molecule has 0 unspecified atom stereocenters. The molecule has 3 aliphatic carbocycles. The van der Waals surface area contributed by atoms with E-state index < -0.39 is 17.6 Å². The SMILES string of the molecule is N#C[C@@H]1C[C@H](F)CN1C(=O)CNC12CCC(C(=O)Nc3ccccc3Cl)(CC1)CC2. The molecule has 1 aromatic rings. The number of hydrogen-bond donors (Lipinski definition) is 2. The van der Waals surface area contributed by atoms with Gasteiger partial charge in [0.15, 0.2) is 0 Å². The van der Waals surface area contributed by atoms with Crippen LogP contribution in [0, 0.1) is 16.7 Å². The number of fused-ring (bicyclic) bond motifs is 3. The van der Waals surface area contributed by atoms with Gasteiger partial charge in [0, 0.05) is 17.4 Å². The minimum Gasteiger partial charge on any atom is -0.324 e. The fraction of sp³-hybridized carbons (Fsp3) is 0.591. The Morgan fingerprint density at radius 2 is 1.87 bits per heavy atom. The largest absolute Gasteiger partial charge is 0.324 e. The molecule has 6 nitrogen and oxygen atoms in total. The van der Waals surface area contributed by atoms with Crippen molar-refractivity contribution in [1.29, 1.82) is 5.26 Å². The van der Waals surface area contributed by atoms with Crippen LogP contribution in [0.1, 0.15) is 44.9 Å². The highest BCUT2D eigenvalue weighted by Crippen LogP contribution is 2.53. The highest BCUT2D eigenvalue weighted by molar-refractivity contribution is 6.33. The van der Waals surface area contributed by atoms with Gasteiger partial charge in [-0.15, -0.1) is 0 Å². The first-order valence-corrected chi connectivity index (χ1v) is 10.9. The third-order valence-electron chi connectivity index (χ3n) is 7.18. The number of nitrogens with zero attached hydrogens (tertiary/aromatic N) is 2. The van der Waals surface area contributed by atoms with E-state index in [2.05, 4.69) is 10.6 Å². The summed E-state index contributed by atoms with van der Waals surface area (Å²) in [6.07, 6.45) is 3.65. The molecule has 1 saturated heterocycles. The third-order valence-corrected chi connectivity index (χ3v) is 7.51. The van der Waals surface area contributed by atoms with Crippen LogP contribution in [0.3, 0.4) is 0 Å². The van der Waals surface area contributed by atoms with Crippen LogP contribution in [0.5, 0.6) is 0 Å². The summed E-state index contributed by atoms with van der Waals surface area (Å²) in [5.41, 5.74) is 0.0713. The molecule has 1 aromatic carbocycles. The highest BCUT2D eigenvalue weighted by Gasteiger charge is 2.52. The highest BCUT2D eigenvalue weighted by atomic mass is 35.5. The van der Waals surface area contributed by atoms with Gasteiger partial charge in [-0.25, -0.2) is 4.39 Å². The van der Waals surface area contributed by atoms with Crippen molar-refractivity contribution in [2.24, 2.45) is 5.41 Å². The molecule has 1 aliphatic heterocycles. The molecule has 0 radical (unpaired) electrons. The van der Waals surface area contributed by atoms with Crippen LogP contribution in [0.4, 0.5) is 10.1 Å². The smallest absolute Gasteiger partial charge is 0.237 e. The fourth-order valence-corrected chi connectivity index (χ4v) is 5.34. The Bertz CT molecular complexity index is 862. The van der Waals surface area contributed by atoms with Crippen LogP contribution in [-0.4, -0.2) is 47.6 Å². The third kappa shape index (κ3) is 3.91. The van der Waals surface area contributed by atoms with E-state index in [4.69, 9.17) is 16.9 Å². The van der Waals surface area contributed by atoms with Crippen molar-refractivity contribution in [3.63, 3.8) is 0 Å². The molecule has 1 heterocycles. The lowest BCUT2D eigenvalue weighted by Gasteiger charge is -2.52. The van der Waals surface area contributed by atoms with Gasteiger partial charge in [0.2, 0.25) is 11.8 Å². The van der Waals surface area contributed by atoms with Crippen LogP contribution >= 0.6 is 11.6 Å². The van der Waals surface area contributed by atoms with E-state index in [1.807, 2.05) is 18.2 Å². The van der Waals surface area contributed by atoms with Gasteiger partial charge in [-0.1, -0.05) is 23.7 Å². The average molecular weight is 433 g/mol. The summed E-state index contributed by atoms with van der Waals surface area (Å²) in [5.74, 6) is -0.210. The number of likely N-dealkylation sites (tertiary alicyclic amines) is 1. The maximum Gasteiger partial charge on any atom is 0.237 e. The maximum atomic E-state index is 13.6. The van der Waals surface area contributed by atoms with E-state index in [1.54, 1.807) is 12.1 Å². The molecule has 160 valence electrons. The summed E-state index contributed by atoms with van der Waals surface area (Å²) in [4.78, 5) is 26.9. The molecule has 2 amide bonds. The van der Waals surface area contributed by atoms with Crippen molar-refractivity contribution < 1.29 is 14.0 Å². The number of hydrogen-bond acceptors (Lipinski definition) is 4. The average Bonchev–Trinajstić information content (AvgIpc) is 3.16. The van der Waals surface area contributed by atoms with Gasteiger partial charge in [-0.3, -0.25) is 9.59 Å². The number of anilines is 1. The fourth-order valence-electron chi connectivity index (χ4n) is 5.16. The molecule has 2 atom stereocenters. The van der Waals surface area contributed by atoms with Crippen molar-refractivity contribution in [3.05, 3.63) is 29.3 Å². The first-order chi connectivity index (χ1) is 14.4. The molecular weight excluding hydrogens is 407 g/mol. The zero-order valence-corrected chi connectivity index (χ0v) is 17.6. The molecule has 2 N–H and O–H groups in total. The van der Waals surface area contributed by atoms with Gasteiger partial charge in [0.1, 0.15) is 12.2 Å². The summed E-state index contributed by atoms with van der Waals surface area (Å²) in [6.45, 7) is 0.0980. The number of carbonyl (C=O) groups excluding carboxylic acids is 2. The lowest BCUT2D eigenvalue weighted by atomic mass is 9.57. The zero-order valence-electron chi connectivity index (χ0n) is 16.8. The minimum atomic E-state index is -1.13. The van der Waals surface area contributed by atoms with Crippen LogP contribution in [0.2, 0.25) is 5.02 Å². The Kier molecular flexibility index (Phi) is 5.73. The maximum absolute atomic E-state index is 13.6. The van der Waals surface area contributed by atoms with E-state index in [0.29, 0.717) is 10.7 Å². The van der Waals surface area contributed by atoms with E-state index >= 15 is 0 Å². The molecule has 0 spiro atoms. The predicted octanol–water partition coefficient (Wildman–Crippen LogP) is 3.42. The van der Waals surface area contributed by atoms with Gasteiger partial charge >= 0.3 is 0 Å². The summed E-state index contributed by atoms with van der Waals surface area (Å²) in [6, 6.07) is 8.57. The Morgan fingerprint density at radius 1 is 1.20 bits per heavy atom. The quantitative estimate of drug-likeness (QED) is 0.746. The van der Waals surface area contributed by atoms with Crippen LogP contribution in [0.15, 0.2) is 24.3 Å². The number of alkyl halides is 1. The molecule has 8 heteroatoms. The second-order valence-electron chi connectivity index (χ2n) is 8.87. The number of benzene rings is 1. The van der Waals surface area contributed by atoms with Gasteiger partial charge in [-0.05, 0) is 50.7 Å². The van der Waals surface area contributed by atoms with Gasteiger partial charge < -0.3 is 15.5 Å². The van der Waals surface area contributed by atoms with E-state index in [-0.39, 0.29) is 36.9 Å². The summed E-state index contributed by atoms with van der Waals surface area (Å²) < 4.78 is 13.6. The predicted molar refractivity (Wildman–Crippen MR) is 112 cm³/mol. The van der Waals surface area contributed by atoms with Gasteiger partial charge in [0.25, 0.3) is 0 Å². The van der Waals surface area contributed by atoms with E-state index in [1.165, 1.54) is 4.90 Å². The first-order valence-electron chi connectivity index (χ1n) is 10.5. The first kappa shape index (κ1) is 21.1. The Hall–Kier alpha value is -2.17. The van der Waals surface area contributed by atoms with Gasteiger partial charge in [0.05, 0.1) is 29.9 Å². The molecule has 4 aliphatic rings. The molecule has 5 rings (SSSR count). The minimum absolute atomic E-state index is 0.00291. The number of nitrogens with one attached hydrogen (secondary N) is 2. The lowest BCUT2D eigenvalue weighted by Crippen LogP contribution is -2.59. The summed E-state index contributed by atoms with van der Waals surface area (Å²) in [7, 11) is 0. The number of para-hydroxylation sites is 1. The zero-order chi connectivity index (χ0) is 21.4. The second-order valence-corrected chi connectivity index (χ2v) is 9.28. The number of rotatable bonds is 5. The molecule has 30 heavy (non-hydrogen) atoms. The van der Waals surface area contributed by atoms with E-state index in [9.17, 15) is 14.0 Å². The lowest BCUT2D eigenvalue weighted by molar-refractivity contribution is -0.135. The Morgan fingerprint density at radius 3 is 2.50 bits per heavy atom. The van der Waals surface area contributed by atoms with Crippen molar-refractivity contribution in [2.75, 3.05) is 18.4 Å². The van der Waals surface area contributed by atoms with E-state index in [0.717, 1.165) is 38.5 Å². The molecule has 4 fully saturated rings. The monoisotopic (exact) mass is 432 g/mol. The Labute approximate surface area is 180 Å². The standard InChI is InChI=1S/C22H26ClFN4O2/c23-17-3-1-2-4-18(17)27-20(30)21-5-8-22(9-6-21,10-7-21)26-13-19(29)28-14-15(24)11-16(28)12-25/h1-4,15-16,26H,5-11,13-14H2,(H,27,30)/t15-,16-,21?,22?/m0/s1. The summed E-state index contributed by atoms with van der Waals surface area (Å²) >= 11 is 6.18. The van der Waals surface area contributed by atoms with Crippen molar-refractivity contribution in [2.45, 2.75) is 62.7 Å². The normalized spacial score (nSPS) is 32.6. The molecule has 0 aromatic heterocycles. The molecule has 2 bridgehead atoms. The second kappa shape index (κ2) is 8.16. The van der Waals surface area contributed by atoms with Crippen molar-refractivity contribution >= 4 is 29.1 Å². The number of carbonyl (C=O) groups is 2. The van der Waals surface area contributed by atoms with Crippen LogP contribution in [0.25, 0.3) is 0 Å². The molecule has 3 saturated carbocycles. The number of amides is 2. The summed E-state index contributed by atoms with van der Waals surface area (Å²) in [5, 5.41) is 16.1. The van der Waals surface area contributed by atoms with Crippen LogP contribution < -0.4 is 10.6 Å². The molecular formula is C22H26ClFN4O2. The Balaban J connectivity index is 1.33. The topological polar surface area (TPSA) is 85.2 Å². The number of nitriles is 1. The van der Waals surface area contributed by atoms with Gasteiger partial charge in [-0.2, -0.15) is 5.26 Å². The van der Waals surface area contributed by atoms with Crippen LogP contribution in [-0.2, 0) is 9.59 Å². The number of halogens is 2. The van der Waals surface area contributed by atoms with Crippen molar-refractivity contribution in [3.8, 4) is 6.07 Å². The van der Waals surface area contributed by atoms with Crippen molar-refractivity contribution in [1.82, 2.24) is 10.2 Å².